The van der Waals surface area contributed by atoms with Gasteiger partial charge >= 0.3 is 12.2 Å². The molecule has 0 radical (unpaired) electrons. The van der Waals surface area contributed by atoms with E-state index in [2.05, 4.69) is 21.9 Å². The van der Waals surface area contributed by atoms with E-state index in [1.807, 2.05) is 44.2 Å². The first-order chi connectivity index (χ1) is 24.0. The Morgan fingerprint density at radius 2 is 1.88 bits per heavy atom. The number of cyclic esters (lactones) is 1. The summed E-state index contributed by atoms with van der Waals surface area (Å²) in [6, 6.07) is 3.56. The van der Waals surface area contributed by atoms with Crippen molar-refractivity contribution in [2.45, 2.75) is 102 Å². The highest BCUT2D eigenvalue weighted by molar-refractivity contribution is 7.91. The molecule has 3 N–H and O–H groups in total. The second-order valence-corrected chi connectivity index (χ2v) is 17.4. The standard InChI is InChI=1S/C36H47N5O9S/c1-6-24-16-36(24,32(44)39-51(47,48)26-12-13-26)38-30(42)28-15-25-18-41(28)31(43)29(21(2)3)37-33(45)49-20-35(4,5)14-8-11-22-9-7-10-23-17-40(19-27(22)23)34(46)50-25/h6-11,21,24-26,28-29H,1,12-20H2,2-5H3,(H,37,45)(H,38,42)(H,39,44)/b11-8+/t24-,25-,28+,29+,36-/m1/s1. The zero-order chi connectivity index (χ0) is 36.9. The quantitative estimate of drug-likeness (QED) is 0.356. The summed E-state index contributed by atoms with van der Waals surface area (Å²) in [6.45, 7) is 11.7. The van der Waals surface area contributed by atoms with Crippen LogP contribution in [-0.2, 0) is 47.0 Å². The molecule has 3 heterocycles. The first kappa shape index (κ1) is 36.4. The number of allylic oxidation sites excluding steroid dienone is 1. The SMILES string of the molecule is C=C[C@@H]1C[C@]1(NC(=O)[C@@H]1C[C@@H]2CN1C(=O)[C@H](C(C)C)NC(=O)OCC(C)(C)C/C=C/c1cccc3c1CN(C3)C(=O)O2)C(=O)NS(=O)(=O)C1CC1. The number of benzene rings is 1. The van der Waals surface area contributed by atoms with Gasteiger partial charge < -0.3 is 25.0 Å². The largest absolute Gasteiger partial charge is 0.449 e. The third-order valence-corrected chi connectivity index (χ3v) is 12.2. The lowest BCUT2D eigenvalue weighted by atomic mass is 9.90. The fraction of sp³-hybridized carbons (Fsp3) is 0.583. The molecule has 2 aliphatic carbocycles. The highest BCUT2D eigenvalue weighted by Gasteiger charge is 2.62. The summed E-state index contributed by atoms with van der Waals surface area (Å²) in [5, 5.41) is 4.75. The number of carbonyl (C=O) groups excluding carboxylic acids is 5. The Bertz CT molecular complexity index is 1770. The molecule has 2 saturated carbocycles. The number of carbonyl (C=O) groups is 5. The molecule has 0 aromatic heterocycles. The molecular weight excluding hydrogens is 678 g/mol. The third-order valence-electron chi connectivity index (χ3n) is 10.4. The first-order valence-corrected chi connectivity index (χ1v) is 19.1. The minimum atomic E-state index is -3.91. The van der Waals surface area contributed by atoms with Gasteiger partial charge in [0.25, 0.3) is 5.91 Å². The Hall–Kier alpha value is -4.40. The molecule has 276 valence electrons. The number of amides is 5. The number of hydrogen-bond donors (Lipinski definition) is 3. The molecule has 3 fully saturated rings. The van der Waals surface area contributed by atoms with Gasteiger partial charge in [0.2, 0.25) is 21.8 Å². The van der Waals surface area contributed by atoms with Crippen molar-refractivity contribution in [3.8, 4) is 0 Å². The Morgan fingerprint density at radius 1 is 1.14 bits per heavy atom. The van der Waals surface area contributed by atoms with E-state index in [1.165, 1.54) is 11.0 Å². The van der Waals surface area contributed by atoms with Gasteiger partial charge in [-0.2, -0.15) is 0 Å². The van der Waals surface area contributed by atoms with Crippen LogP contribution in [-0.4, -0.2) is 90.3 Å². The van der Waals surface area contributed by atoms with E-state index >= 15 is 0 Å². The monoisotopic (exact) mass is 725 g/mol. The van der Waals surface area contributed by atoms with E-state index in [0.29, 0.717) is 32.4 Å². The molecule has 6 rings (SSSR count). The summed E-state index contributed by atoms with van der Waals surface area (Å²) in [5.41, 5.74) is 0.932. The van der Waals surface area contributed by atoms with Crippen molar-refractivity contribution in [2.24, 2.45) is 17.3 Å². The summed E-state index contributed by atoms with van der Waals surface area (Å²) >= 11 is 0. The predicted molar refractivity (Wildman–Crippen MR) is 186 cm³/mol. The fourth-order valence-electron chi connectivity index (χ4n) is 7.03. The molecule has 5 aliphatic rings. The van der Waals surface area contributed by atoms with Crippen LogP contribution in [0.15, 0.2) is 36.9 Å². The highest BCUT2D eigenvalue weighted by atomic mass is 32.2. The van der Waals surface area contributed by atoms with E-state index in [4.69, 9.17) is 9.47 Å². The maximum absolute atomic E-state index is 14.2. The molecule has 5 amide bonds. The number of nitrogens with zero attached hydrogens (tertiary/aromatic N) is 2. The Kier molecular flexibility index (Phi) is 9.72. The van der Waals surface area contributed by atoms with Crippen LogP contribution in [0.1, 0.15) is 76.5 Å². The second-order valence-electron chi connectivity index (χ2n) is 15.5. The lowest BCUT2D eigenvalue weighted by Crippen LogP contribution is -2.59. The molecule has 0 unspecified atom stereocenters. The average Bonchev–Trinajstić information content (AvgIpc) is 3.96. The topological polar surface area (TPSA) is 181 Å². The summed E-state index contributed by atoms with van der Waals surface area (Å²) in [6.07, 6.45) is 4.74. The van der Waals surface area contributed by atoms with Crippen LogP contribution in [0.4, 0.5) is 9.59 Å². The van der Waals surface area contributed by atoms with Crippen LogP contribution < -0.4 is 15.4 Å². The van der Waals surface area contributed by atoms with Crippen LogP contribution >= 0.6 is 0 Å². The number of ether oxygens (including phenoxy) is 2. The minimum absolute atomic E-state index is 0.0765. The van der Waals surface area contributed by atoms with Gasteiger partial charge in [0, 0.05) is 24.3 Å². The molecule has 1 aromatic rings. The number of nitrogens with one attached hydrogen (secondary N) is 3. The van der Waals surface area contributed by atoms with E-state index in [9.17, 15) is 32.4 Å². The van der Waals surface area contributed by atoms with Gasteiger partial charge in [-0.1, -0.05) is 64.1 Å². The molecule has 15 heteroatoms. The van der Waals surface area contributed by atoms with Crippen molar-refractivity contribution in [1.29, 1.82) is 0 Å². The number of sulfonamides is 1. The smallest absolute Gasteiger partial charge is 0.410 e. The van der Waals surface area contributed by atoms with Crippen molar-refractivity contribution in [1.82, 2.24) is 25.2 Å². The van der Waals surface area contributed by atoms with Gasteiger partial charge in [-0.15, -0.1) is 6.58 Å². The first-order valence-electron chi connectivity index (χ1n) is 17.5. The molecule has 1 aromatic carbocycles. The van der Waals surface area contributed by atoms with E-state index in [-0.39, 0.29) is 26.0 Å². The molecular formula is C36H47N5O9S. The maximum atomic E-state index is 14.2. The minimum Gasteiger partial charge on any atom is -0.449 e. The Labute approximate surface area is 298 Å². The molecule has 1 saturated heterocycles. The normalized spacial score (nSPS) is 29.9. The van der Waals surface area contributed by atoms with Crippen molar-refractivity contribution in [2.75, 3.05) is 13.2 Å². The molecule has 14 nitrogen and oxygen atoms in total. The number of alkyl carbamates (subject to hydrolysis) is 1. The average molecular weight is 726 g/mol. The van der Waals surface area contributed by atoms with Gasteiger partial charge in [0.1, 0.15) is 23.7 Å². The summed E-state index contributed by atoms with van der Waals surface area (Å²) in [5.74, 6) is -3.14. The maximum Gasteiger partial charge on any atom is 0.410 e. The second kappa shape index (κ2) is 13.6. The highest BCUT2D eigenvalue weighted by Crippen LogP contribution is 2.45. The molecule has 4 bridgehead atoms. The molecule has 51 heavy (non-hydrogen) atoms. The zero-order valence-electron chi connectivity index (χ0n) is 29.5. The van der Waals surface area contributed by atoms with Crippen LogP contribution in [0, 0.1) is 17.3 Å². The van der Waals surface area contributed by atoms with Crippen LogP contribution in [0.25, 0.3) is 6.08 Å². The number of rotatable bonds is 7. The fourth-order valence-corrected chi connectivity index (χ4v) is 8.39. The summed E-state index contributed by atoms with van der Waals surface area (Å²) in [7, 11) is -3.91. The molecule has 3 aliphatic heterocycles. The van der Waals surface area contributed by atoms with Crippen LogP contribution in [0.3, 0.4) is 0 Å². The van der Waals surface area contributed by atoms with E-state index < -0.39 is 86.2 Å². The molecule has 5 atom stereocenters. The number of fused-ring (bicyclic) bond motifs is 3. The van der Waals surface area contributed by atoms with Gasteiger partial charge in [0.15, 0.2) is 0 Å². The Balaban J connectivity index is 1.28. The van der Waals surface area contributed by atoms with Crippen molar-refractivity contribution in [3.05, 3.63) is 53.6 Å². The lowest BCUT2D eigenvalue weighted by molar-refractivity contribution is -0.141. The van der Waals surface area contributed by atoms with Gasteiger partial charge in [0.05, 0.1) is 24.9 Å². The van der Waals surface area contributed by atoms with Crippen LogP contribution in [0.5, 0.6) is 0 Å². The predicted octanol–water partition coefficient (Wildman–Crippen LogP) is 2.97. The summed E-state index contributed by atoms with van der Waals surface area (Å²) in [4.78, 5) is 71.2. The zero-order valence-corrected chi connectivity index (χ0v) is 30.3. The third kappa shape index (κ3) is 7.63. The number of hydrogen-bond acceptors (Lipinski definition) is 9. The van der Waals surface area contributed by atoms with E-state index in [1.54, 1.807) is 18.7 Å². The van der Waals surface area contributed by atoms with Crippen molar-refractivity contribution in [3.63, 3.8) is 0 Å². The molecule has 0 spiro atoms. The van der Waals surface area contributed by atoms with Crippen LogP contribution in [0.2, 0.25) is 0 Å². The van der Waals surface area contributed by atoms with E-state index in [0.717, 1.165) is 16.7 Å². The van der Waals surface area contributed by atoms with Crippen molar-refractivity contribution >= 4 is 46.0 Å². The summed E-state index contributed by atoms with van der Waals surface area (Å²) < 4.78 is 38.9. The van der Waals surface area contributed by atoms with Crippen molar-refractivity contribution < 1.29 is 41.9 Å². The van der Waals surface area contributed by atoms with Gasteiger partial charge in [-0.05, 0) is 48.3 Å². The van der Waals surface area contributed by atoms with Gasteiger partial charge in [-0.3, -0.25) is 24.0 Å². The van der Waals surface area contributed by atoms with Gasteiger partial charge in [-0.25, -0.2) is 18.0 Å². The Morgan fingerprint density at radius 3 is 2.55 bits per heavy atom. The lowest BCUT2D eigenvalue weighted by Gasteiger charge is -2.31.